The van der Waals surface area contributed by atoms with Crippen LogP contribution in [0.1, 0.15) is 24.0 Å². The average molecular weight is 453 g/mol. The molecule has 1 fully saturated rings. The van der Waals surface area contributed by atoms with Gasteiger partial charge >= 0.3 is 0 Å². The third-order valence-electron chi connectivity index (χ3n) is 5.95. The predicted molar refractivity (Wildman–Crippen MR) is 125 cm³/mol. The van der Waals surface area contributed by atoms with Crippen LogP contribution < -0.4 is 4.74 Å². The number of sulfonamides is 1. The molecule has 31 heavy (non-hydrogen) atoms. The van der Waals surface area contributed by atoms with Gasteiger partial charge in [-0.1, -0.05) is 53.8 Å². The minimum absolute atomic E-state index is 0.0239. The first-order valence-corrected chi connectivity index (χ1v) is 12.7. The maximum atomic E-state index is 13.2. The zero-order chi connectivity index (χ0) is 21.6. The highest BCUT2D eigenvalue weighted by Crippen LogP contribution is 2.34. The van der Waals surface area contributed by atoms with Gasteiger partial charge in [-0.15, -0.1) is 0 Å². The van der Waals surface area contributed by atoms with Crippen LogP contribution >= 0.6 is 11.3 Å². The Kier molecular flexibility index (Phi) is 5.20. The maximum Gasteiger partial charge on any atom is 0.274 e. The Morgan fingerprint density at radius 2 is 1.68 bits per heavy atom. The van der Waals surface area contributed by atoms with Crippen molar-refractivity contribution in [2.45, 2.75) is 37.7 Å². The summed E-state index contributed by atoms with van der Waals surface area (Å²) in [6.07, 6.45) is 1.28. The van der Waals surface area contributed by atoms with E-state index in [2.05, 4.69) is 31.0 Å². The smallest absolute Gasteiger partial charge is 0.274 e. The molecule has 0 atom stereocenters. The molecule has 4 aromatic rings. The normalized spacial score (nSPS) is 16.2. The number of piperidine rings is 1. The lowest BCUT2D eigenvalue weighted by Crippen LogP contribution is -2.41. The number of hydrogen-bond donors (Lipinski definition) is 0. The Bertz CT molecular complexity index is 1330. The molecule has 1 aromatic heterocycles. The van der Waals surface area contributed by atoms with E-state index in [0.717, 1.165) is 26.6 Å². The molecule has 1 aliphatic heterocycles. The number of nitrogens with zero attached hydrogens (tertiary/aromatic N) is 2. The summed E-state index contributed by atoms with van der Waals surface area (Å²) in [7, 11) is -3.52. The summed E-state index contributed by atoms with van der Waals surface area (Å²) in [6, 6.07) is 17.3. The highest BCUT2D eigenvalue weighted by molar-refractivity contribution is 7.89. The highest BCUT2D eigenvalue weighted by atomic mass is 32.2. The van der Waals surface area contributed by atoms with E-state index in [1.54, 1.807) is 27.8 Å². The van der Waals surface area contributed by atoms with Crippen LogP contribution in [0.5, 0.6) is 5.19 Å². The van der Waals surface area contributed by atoms with Crippen molar-refractivity contribution in [3.05, 3.63) is 65.7 Å². The van der Waals surface area contributed by atoms with Gasteiger partial charge in [0.05, 0.1) is 15.1 Å². The quantitative estimate of drug-likeness (QED) is 0.422. The van der Waals surface area contributed by atoms with Crippen molar-refractivity contribution in [3.8, 4) is 5.19 Å². The van der Waals surface area contributed by atoms with Crippen molar-refractivity contribution in [2.24, 2.45) is 0 Å². The van der Waals surface area contributed by atoms with Crippen molar-refractivity contribution in [2.75, 3.05) is 13.1 Å². The van der Waals surface area contributed by atoms with E-state index >= 15 is 0 Å². The molecule has 7 heteroatoms. The van der Waals surface area contributed by atoms with E-state index in [0.29, 0.717) is 36.0 Å². The van der Waals surface area contributed by atoms with Crippen molar-refractivity contribution >= 4 is 42.3 Å². The molecule has 2 heterocycles. The van der Waals surface area contributed by atoms with E-state index < -0.39 is 10.0 Å². The third-order valence-corrected chi connectivity index (χ3v) is 8.93. The monoisotopic (exact) mass is 452 g/mol. The minimum atomic E-state index is -3.52. The Morgan fingerprint density at radius 1 is 0.968 bits per heavy atom. The molecule has 3 aromatic carbocycles. The second-order valence-corrected chi connectivity index (χ2v) is 11.0. The third kappa shape index (κ3) is 3.82. The van der Waals surface area contributed by atoms with Crippen LogP contribution in [0.15, 0.2) is 59.5 Å². The molecule has 5 nitrogen and oxygen atoms in total. The van der Waals surface area contributed by atoms with Crippen LogP contribution in [0.4, 0.5) is 0 Å². The molecule has 0 saturated carbocycles. The number of benzene rings is 3. The largest absolute Gasteiger partial charge is 0.467 e. The van der Waals surface area contributed by atoms with Gasteiger partial charge in [0.15, 0.2) is 0 Å². The van der Waals surface area contributed by atoms with Crippen molar-refractivity contribution in [1.29, 1.82) is 0 Å². The molecule has 0 N–H and O–H groups in total. The molecule has 0 unspecified atom stereocenters. The topological polar surface area (TPSA) is 59.5 Å². The Balaban J connectivity index is 1.29. The Labute approximate surface area is 186 Å². The average Bonchev–Trinajstić information content (AvgIpc) is 3.21. The van der Waals surface area contributed by atoms with E-state index in [4.69, 9.17) is 4.74 Å². The second-order valence-electron chi connectivity index (χ2n) is 8.09. The first-order valence-electron chi connectivity index (χ1n) is 10.4. The molecule has 0 radical (unpaired) electrons. The summed E-state index contributed by atoms with van der Waals surface area (Å²) < 4.78 is 35.2. The standard InChI is InChI=1S/C24H24N2O3S2/c1-16-7-8-17(2)23-22(16)25-24(30-23)29-20-11-13-26(14-12-20)31(27,28)21-10-9-18-5-3-4-6-19(18)15-21/h3-10,15,20H,11-14H2,1-2H3. The maximum absolute atomic E-state index is 13.2. The van der Waals surface area contributed by atoms with Gasteiger partial charge < -0.3 is 4.74 Å². The summed E-state index contributed by atoms with van der Waals surface area (Å²) >= 11 is 1.57. The van der Waals surface area contributed by atoms with Crippen molar-refractivity contribution in [3.63, 3.8) is 0 Å². The molecule has 0 aliphatic carbocycles. The van der Waals surface area contributed by atoms with E-state index in [1.807, 2.05) is 30.3 Å². The van der Waals surface area contributed by atoms with Crippen LogP contribution in [-0.2, 0) is 10.0 Å². The fraction of sp³-hybridized carbons (Fsp3) is 0.292. The fourth-order valence-electron chi connectivity index (χ4n) is 4.10. The summed E-state index contributed by atoms with van der Waals surface area (Å²) in [5, 5.41) is 2.64. The van der Waals surface area contributed by atoms with Crippen LogP contribution in [0.3, 0.4) is 0 Å². The summed E-state index contributed by atoms with van der Waals surface area (Å²) in [5.41, 5.74) is 3.34. The Morgan fingerprint density at radius 3 is 2.42 bits per heavy atom. The van der Waals surface area contributed by atoms with Gasteiger partial charge in [0, 0.05) is 13.1 Å². The molecule has 1 aliphatic rings. The van der Waals surface area contributed by atoms with Gasteiger partial charge in [-0.3, -0.25) is 0 Å². The summed E-state index contributed by atoms with van der Waals surface area (Å²) in [4.78, 5) is 5.03. The first kappa shape index (κ1) is 20.4. The number of hydrogen-bond acceptors (Lipinski definition) is 5. The van der Waals surface area contributed by atoms with E-state index in [9.17, 15) is 8.42 Å². The summed E-state index contributed by atoms with van der Waals surface area (Å²) in [6.45, 7) is 5.03. The van der Waals surface area contributed by atoms with Crippen LogP contribution in [0, 0.1) is 13.8 Å². The van der Waals surface area contributed by atoms with Gasteiger partial charge in [-0.25, -0.2) is 13.4 Å². The van der Waals surface area contributed by atoms with Gasteiger partial charge in [0.1, 0.15) is 6.10 Å². The summed E-state index contributed by atoms with van der Waals surface area (Å²) in [5.74, 6) is 0. The molecule has 0 bridgehead atoms. The van der Waals surface area contributed by atoms with Gasteiger partial charge in [-0.05, 0) is 60.7 Å². The van der Waals surface area contributed by atoms with Crippen LogP contribution in [-0.4, -0.2) is 36.9 Å². The minimum Gasteiger partial charge on any atom is -0.467 e. The van der Waals surface area contributed by atoms with Gasteiger partial charge in [-0.2, -0.15) is 4.31 Å². The molecular formula is C24H24N2O3S2. The zero-order valence-electron chi connectivity index (χ0n) is 17.5. The van der Waals surface area contributed by atoms with E-state index in [-0.39, 0.29) is 6.10 Å². The van der Waals surface area contributed by atoms with Crippen molar-refractivity contribution in [1.82, 2.24) is 9.29 Å². The molecule has 1 saturated heterocycles. The number of thiazole rings is 1. The van der Waals surface area contributed by atoms with Crippen LogP contribution in [0.25, 0.3) is 21.0 Å². The van der Waals surface area contributed by atoms with Gasteiger partial charge in [0.2, 0.25) is 10.0 Å². The SMILES string of the molecule is Cc1ccc(C)c2sc(OC3CCN(S(=O)(=O)c4ccc5ccccc5c4)CC3)nc12. The molecule has 0 amide bonds. The van der Waals surface area contributed by atoms with E-state index in [1.165, 1.54) is 5.56 Å². The highest BCUT2D eigenvalue weighted by Gasteiger charge is 2.30. The fourth-order valence-corrected chi connectivity index (χ4v) is 6.63. The number of aryl methyl sites for hydroxylation is 2. The predicted octanol–water partition coefficient (Wildman–Crippen LogP) is 5.30. The Hall–Kier alpha value is -2.48. The lowest BCUT2D eigenvalue weighted by Gasteiger charge is -2.30. The number of fused-ring (bicyclic) bond motifs is 2. The lowest BCUT2D eigenvalue weighted by atomic mass is 10.1. The molecule has 5 rings (SSSR count). The second kappa shape index (κ2) is 7.89. The first-order chi connectivity index (χ1) is 14.9. The molecular weight excluding hydrogens is 428 g/mol. The molecule has 0 spiro atoms. The number of rotatable bonds is 4. The lowest BCUT2D eigenvalue weighted by molar-refractivity contribution is 0.135. The van der Waals surface area contributed by atoms with Crippen LogP contribution in [0.2, 0.25) is 0 Å². The molecule has 160 valence electrons. The number of ether oxygens (including phenoxy) is 1. The zero-order valence-corrected chi connectivity index (χ0v) is 19.2. The van der Waals surface area contributed by atoms with Crippen molar-refractivity contribution < 1.29 is 13.2 Å². The number of aromatic nitrogens is 1. The van der Waals surface area contributed by atoms with Gasteiger partial charge in [0.25, 0.3) is 5.19 Å².